The van der Waals surface area contributed by atoms with E-state index in [1.165, 1.54) is 25.3 Å². The lowest BCUT2D eigenvalue weighted by Crippen LogP contribution is -2.07. The summed E-state index contributed by atoms with van der Waals surface area (Å²) in [5.41, 5.74) is 7.13. The fourth-order valence-electron chi connectivity index (χ4n) is 1.98. The number of benzene rings is 2. The van der Waals surface area contributed by atoms with Crippen molar-refractivity contribution >= 4 is 0 Å². The van der Waals surface area contributed by atoms with Gasteiger partial charge in [0.25, 0.3) is 0 Å². The second kappa shape index (κ2) is 6.56. The molecule has 0 aliphatic heterocycles. The average molecular weight is 291 g/mol. The van der Waals surface area contributed by atoms with Gasteiger partial charge in [0.15, 0.2) is 11.5 Å². The van der Waals surface area contributed by atoms with Gasteiger partial charge in [-0.2, -0.15) is 0 Å². The molecule has 0 unspecified atom stereocenters. The van der Waals surface area contributed by atoms with Gasteiger partial charge in [-0.3, -0.25) is 0 Å². The molecule has 0 amide bonds. The monoisotopic (exact) mass is 291 g/mol. The normalized spacial score (nSPS) is 12.0. The van der Waals surface area contributed by atoms with E-state index in [2.05, 4.69) is 0 Å². The minimum atomic E-state index is -0.364. The molecule has 0 fully saturated rings. The van der Waals surface area contributed by atoms with Gasteiger partial charge in [-0.25, -0.2) is 4.39 Å². The molecule has 4 nitrogen and oxygen atoms in total. The zero-order chi connectivity index (χ0) is 15.4. The largest absolute Gasteiger partial charge is 0.493 e. The Morgan fingerprint density at radius 2 is 1.86 bits per heavy atom. The Morgan fingerprint density at radius 3 is 2.48 bits per heavy atom. The molecule has 0 aromatic heterocycles. The topological polar surface area (TPSA) is 64.7 Å². The van der Waals surface area contributed by atoms with E-state index in [1.807, 2.05) is 0 Å². The van der Waals surface area contributed by atoms with E-state index in [0.717, 1.165) is 0 Å². The molecular formula is C16H18FNO3. The third kappa shape index (κ3) is 3.51. The number of rotatable bonds is 5. The van der Waals surface area contributed by atoms with Crippen LogP contribution in [0.2, 0.25) is 0 Å². The minimum absolute atomic E-state index is 0.0850. The van der Waals surface area contributed by atoms with E-state index in [9.17, 15) is 4.39 Å². The zero-order valence-corrected chi connectivity index (χ0v) is 12.0. The first kappa shape index (κ1) is 15.3. The summed E-state index contributed by atoms with van der Waals surface area (Å²) in [5, 5.41) is 9.13. The maximum absolute atomic E-state index is 13.3. The first-order valence-electron chi connectivity index (χ1n) is 6.55. The van der Waals surface area contributed by atoms with Crippen molar-refractivity contribution < 1.29 is 19.0 Å². The molecule has 2 aromatic carbocycles. The highest BCUT2D eigenvalue weighted by Crippen LogP contribution is 2.35. The van der Waals surface area contributed by atoms with E-state index in [0.29, 0.717) is 28.4 Å². The summed E-state index contributed by atoms with van der Waals surface area (Å²) < 4.78 is 24.4. The molecule has 0 bridgehead atoms. The van der Waals surface area contributed by atoms with Gasteiger partial charge in [-0.05, 0) is 42.8 Å². The van der Waals surface area contributed by atoms with Crippen molar-refractivity contribution in [1.82, 2.24) is 0 Å². The van der Waals surface area contributed by atoms with Gasteiger partial charge in [-0.15, -0.1) is 0 Å². The zero-order valence-electron chi connectivity index (χ0n) is 12.0. The fourth-order valence-corrected chi connectivity index (χ4v) is 1.98. The van der Waals surface area contributed by atoms with Crippen LogP contribution in [-0.2, 0) is 6.61 Å². The highest BCUT2D eigenvalue weighted by Gasteiger charge is 2.13. The summed E-state index contributed by atoms with van der Waals surface area (Å²) in [5.74, 6) is 1.07. The molecule has 5 heteroatoms. The van der Waals surface area contributed by atoms with Crippen LogP contribution < -0.4 is 15.2 Å². The summed E-state index contributed by atoms with van der Waals surface area (Å²) in [6, 6.07) is 8.95. The van der Waals surface area contributed by atoms with Crippen LogP contribution in [-0.4, -0.2) is 12.2 Å². The first-order chi connectivity index (χ1) is 10.0. The average Bonchev–Trinajstić information content (AvgIpc) is 2.49. The number of aliphatic hydroxyl groups excluding tert-OH is 1. The maximum Gasteiger partial charge on any atom is 0.169 e. The molecule has 2 aromatic rings. The van der Waals surface area contributed by atoms with Crippen molar-refractivity contribution in [3.63, 3.8) is 0 Å². The molecule has 0 aliphatic carbocycles. The third-order valence-electron chi connectivity index (χ3n) is 3.09. The molecule has 0 spiro atoms. The van der Waals surface area contributed by atoms with Gasteiger partial charge < -0.3 is 20.3 Å². The molecular weight excluding hydrogens is 273 g/mol. The quantitative estimate of drug-likeness (QED) is 0.888. The Hall–Kier alpha value is -2.11. The fraction of sp³-hybridized carbons (Fsp3) is 0.250. The lowest BCUT2D eigenvalue weighted by molar-refractivity contribution is 0.280. The van der Waals surface area contributed by atoms with Crippen LogP contribution in [0.1, 0.15) is 24.1 Å². The van der Waals surface area contributed by atoms with Crippen LogP contribution in [0, 0.1) is 5.82 Å². The van der Waals surface area contributed by atoms with Crippen molar-refractivity contribution in [2.45, 2.75) is 19.6 Å². The van der Waals surface area contributed by atoms with Crippen molar-refractivity contribution in [1.29, 1.82) is 0 Å². The molecule has 1 atom stereocenters. The van der Waals surface area contributed by atoms with Crippen LogP contribution in [0.4, 0.5) is 4.39 Å². The van der Waals surface area contributed by atoms with Crippen LogP contribution in [0.5, 0.6) is 17.2 Å². The van der Waals surface area contributed by atoms with E-state index in [4.69, 9.17) is 20.3 Å². The number of methoxy groups -OCH3 is 1. The predicted molar refractivity (Wildman–Crippen MR) is 78.0 cm³/mol. The van der Waals surface area contributed by atoms with Gasteiger partial charge >= 0.3 is 0 Å². The van der Waals surface area contributed by atoms with Crippen molar-refractivity contribution in [2.75, 3.05) is 7.11 Å². The third-order valence-corrected chi connectivity index (χ3v) is 3.09. The highest BCUT2D eigenvalue weighted by molar-refractivity contribution is 5.47. The Balaban J connectivity index is 2.38. The van der Waals surface area contributed by atoms with Crippen LogP contribution in [0.3, 0.4) is 0 Å². The molecule has 0 radical (unpaired) electrons. The van der Waals surface area contributed by atoms with Crippen molar-refractivity contribution in [2.24, 2.45) is 5.73 Å². The summed E-state index contributed by atoms with van der Waals surface area (Å²) in [7, 11) is 1.51. The molecule has 0 aliphatic rings. The lowest BCUT2D eigenvalue weighted by atomic mass is 10.1. The smallest absolute Gasteiger partial charge is 0.169 e. The van der Waals surface area contributed by atoms with Crippen LogP contribution in [0.25, 0.3) is 0 Å². The highest BCUT2D eigenvalue weighted by atomic mass is 19.1. The first-order valence-corrected chi connectivity index (χ1v) is 6.55. The number of halogens is 1. The summed E-state index contributed by atoms with van der Waals surface area (Å²) >= 11 is 0. The summed E-state index contributed by atoms with van der Waals surface area (Å²) in [6.45, 7) is 1.67. The van der Waals surface area contributed by atoms with Gasteiger partial charge in [0, 0.05) is 11.6 Å². The number of ether oxygens (including phenoxy) is 2. The molecule has 112 valence electrons. The molecule has 3 N–H and O–H groups in total. The number of aliphatic hydroxyl groups is 1. The van der Waals surface area contributed by atoms with Crippen LogP contribution in [0.15, 0.2) is 36.4 Å². The second-order valence-corrected chi connectivity index (χ2v) is 4.72. The number of hydrogen-bond donors (Lipinski definition) is 2. The minimum Gasteiger partial charge on any atom is -0.493 e. The van der Waals surface area contributed by atoms with Gasteiger partial charge in [0.2, 0.25) is 0 Å². The summed E-state index contributed by atoms with van der Waals surface area (Å²) in [6.07, 6.45) is 0. The molecule has 0 heterocycles. The van der Waals surface area contributed by atoms with E-state index in [-0.39, 0.29) is 18.5 Å². The maximum atomic E-state index is 13.3. The van der Waals surface area contributed by atoms with Crippen molar-refractivity contribution in [3.8, 4) is 17.2 Å². The SMILES string of the molecule is COc1cc(CO)ccc1Oc1ccc(F)cc1[C@@H](C)N. The summed E-state index contributed by atoms with van der Waals surface area (Å²) in [4.78, 5) is 0. The Labute approximate surface area is 122 Å². The predicted octanol–water partition coefficient (Wildman–Crippen LogP) is 3.14. The number of nitrogens with two attached hydrogens (primary N) is 1. The Morgan fingerprint density at radius 1 is 1.14 bits per heavy atom. The van der Waals surface area contributed by atoms with E-state index >= 15 is 0 Å². The van der Waals surface area contributed by atoms with E-state index < -0.39 is 0 Å². The van der Waals surface area contributed by atoms with Gasteiger partial charge in [0.05, 0.1) is 13.7 Å². The van der Waals surface area contributed by atoms with Gasteiger partial charge in [0.1, 0.15) is 11.6 Å². The number of hydrogen-bond acceptors (Lipinski definition) is 4. The molecule has 0 saturated carbocycles. The second-order valence-electron chi connectivity index (χ2n) is 4.72. The standard InChI is InChI=1S/C16H18FNO3/c1-10(18)13-8-12(17)4-6-14(13)21-15-5-3-11(9-19)7-16(15)20-2/h3-8,10,19H,9,18H2,1-2H3/t10-/m1/s1. The van der Waals surface area contributed by atoms with Crippen molar-refractivity contribution in [3.05, 3.63) is 53.3 Å². The lowest BCUT2D eigenvalue weighted by Gasteiger charge is -2.16. The van der Waals surface area contributed by atoms with Crippen LogP contribution >= 0.6 is 0 Å². The molecule has 2 rings (SSSR count). The van der Waals surface area contributed by atoms with E-state index in [1.54, 1.807) is 25.1 Å². The van der Waals surface area contributed by atoms with Gasteiger partial charge in [-0.1, -0.05) is 6.07 Å². The molecule has 21 heavy (non-hydrogen) atoms. The molecule has 0 saturated heterocycles. The Bertz CT molecular complexity index is 629. The Kier molecular flexibility index (Phi) is 4.77.